The number of nitrogens with two attached hydrogens (primary N) is 2. The topological polar surface area (TPSA) is 78.3 Å². The summed E-state index contributed by atoms with van der Waals surface area (Å²) in [4.78, 5) is 11.5. The molecule has 1 aromatic rings. The first-order chi connectivity index (χ1) is 8.08. The van der Waals surface area contributed by atoms with Gasteiger partial charge in [-0.25, -0.2) is 4.39 Å². The zero-order valence-corrected chi connectivity index (χ0v) is 9.78. The second-order valence-corrected chi connectivity index (χ2v) is 3.74. The van der Waals surface area contributed by atoms with Crippen molar-refractivity contribution >= 4 is 11.7 Å². The third-order valence-electron chi connectivity index (χ3n) is 2.45. The number of halogens is 1. The summed E-state index contributed by atoms with van der Waals surface area (Å²) in [6.45, 7) is 2.14. The van der Waals surface area contributed by atoms with Crippen LogP contribution in [0.3, 0.4) is 0 Å². The fraction of sp³-hybridized carbons (Fsp3) is 0.417. The van der Waals surface area contributed by atoms with E-state index >= 15 is 0 Å². The maximum Gasteiger partial charge on any atom is 0.310 e. The minimum Gasteiger partial charge on any atom is -0.466 e. The predicted molar refractivity (Wildman–Crippen MR) is 63.7 cm³/mol. The van der Waals surface area contributed by atoms with Gasteiger partial charge in [0, 0.05) is 12.2 Å². The molecule has 1 rings (SSSR count). The van der Waals surface area contributed by atoms with Crippen molar-refractivity contribution in [2.75, 3.05) is 18.9 Å². The monoisotopic (exact) mass is 240 g/mol. The van der Waals surface area contributed by atoms with Crippen LogP contribution in [-0.2, 0) is 16.0 Å². The van der Waals surface area contributed by atoms with Crippen LogP contribution in [-0.4, -0.2) is 19.1 Å². The van der Waals surface area contributed by atoms with Gasteiger partial charge in [-0.15, -0.1) is 0 Å². The molecule has 0 saturated carbocycles. The minimum atomic E-state index is -0.520. The van der Waals surface area contributed by atoms with Crippen LogP contribution >= 0.6 is 0 Å². The number of esters is 1. The molecule has 0 aliphatic rings. The zero-order valence-electron chi connectivity index (χ0n) is 9.78. The van der Waals surface area contributed by atoms with E-state index in [0.29, 0.717) is 17.9 Å². The molecule has 0 aliphatic carbocycles. The van der Waals surface area contributed by atoms with Crippen LogP contribution in [0.25, 0.3) is 0 Å². The average molecular weight is 240 g/mol. The molecule has 0 saturated heterocycles. The van der Waals surface area contributed by atoms with Crippen LogP contribution in [0, 0.1) is 11.7 Å². The Morgan fingerprint density at radius 1 is 1.53 bits per heavy atom. The van der Waals surface area contributed by atoms with Gasteiger partial charge < -0.3 is 16.2 Å². The highest BCUT2D eigenvalue weighted by Gasteiger charge is 2.20. The van der Waals surface area contributed by atoms with Gasteiger partial charge in [-0.05, 0) is 31.0 Å². The van der Waals surface area contributed by atoms with E-state index in [9.17, 15) is 9.18 Å². The smallest absolute Gasteiger partial charge is 0.310 e. The van der Waals surface area contributed by atoms with Crippen LogP contribution < -0.4 is 11.5 Å². The van der Waals surface area contributed by atoms with Crippen LogP contribution in [0.2, 0.25) is 0 Å². The van der Waals surface area contributed by atoms with Crippen molar-refractivity contribution in [2.24, 2.45) is 11.7 Å². The van der Waals surface area contributed by atoms with E-state index in [4.69, 9.17) is 16.2 Å². The summed E-state index contributed by atoms with van der Waals surface area (Å²) in [5.41, 5.74) is 11.7. The Morgan fingerprint density at radius 2 is 2.24 bits per heavy atom. The van der Waals surface area contributed by atoms with Crippen molar-refractivity contribution < 1.29 is 13.9 Å². The molecule has 0 spiro atoms. The number of anilines is 1. The van der Waals surface area contributed by atoms with E-state index in [2.05, 4.69) is 0 Å². The Morgan fingerprint density at radius 3 is 2.76 bits per heavy atom. The van der Waals surface area contributed by atoms with Crippen LogP contribution in [0.5, 0.6) is 0 Å². The Bertz CT molecular complexity index is 396. The average Bonchev–Trinajstić information content (AvgIpc) is 2.28. The summed E-state index contributed by atoms with van der Waals surface area (Å²) in [5.74, 6) is -1.34. The molecular weight excluding hydrogens is 223 g/mol. The largest absolute Gasteiger partial charge is 0.466 e. The SMILES string of the molecule is CCOC(=O)C(CN)Cc1ccc(N)cc1F. The lowest BCUT2D eigenvalue weighted by Gasteiger charge is -2.13. The summed E-state index contributed by atoms with van der Waals surface area (Å²) in [6.07, 6.45) is 0.224. The van der Waals surface area contributed by atoms with Gasteiger partial charge in [-0.2, -0.15) is 0 Å². The van der Waals surface area contributed by atoms with Crippen LogP contribution in [0.4, 0.5) is 10.1 Å². The number of nitrogen functional groups attached to an aromatic ring is 1. The lowest BCUT2D eigenvalue weighted by atomic mass is 9.99. The van der Waals surface area contributed by atoms with E-state index in [-0.39, 0.29) is 13.0 Å². The molecule has 0 bridgehead atoms. The zero-order chi connectivity index (χ0) is 12.8. The molecule has 0 fully saturated rings. The second-order valence-electron chi connectivity index (χ2n) is 3.74. The van der Waals surface area contributed by atoms with Gasteiger partial charge in [0.2, 0.25) is 0 Å². The van der Waals surface area contributed by atoms with Crippen molar-refractivity contribution in [3.63, 3.8) is 0 Å². The molecule has 94 valence electrons. The fourth-order valence-corrected chi connectivity index (χ4v) is 1.52. The lowest BCUT2D eigenvalue weighted by Crippen LogP contribution is -2.28. The highest BCUT2D eigenvalue weighted by molar-refractivity contribution is 5.73. The maximum absolute atomic E-state index is 13.5. The standard InChI is InChI=1S/C12H17FN2O2/c1-2-17-12(16)9(7-14)5-8-3-4-10(15)6-11(8)13/h3-4,6,9H,2,5,7,14-15H2,1H3. The normalized spacial score (nSPS) is 12.2. The first kappa shape index (κ1) is 13.4. The maximum atomic E-state index is 13.5. The summed E-state index contributed by atoms with van der Waals surface area (Å²) in [5, 5.41) is 0. The first-order valence-corrected chi connectivity index (χ1v) is 5.49. The van der Waals surface area contributed by atoms with E-state index in [1.165, 1.54) is 6.07 Å². The predicted octanol–water partition coefficient (Wildman–Crippen LogP) is 1.09. The van der Waals surface area contributed by atoms with Gasteiger partial charge in [0.1, 0.15) is 5.82 Å². The number of ether oxygens (including phenoxy) is 1. The van der Waals surface area contributed by atoms with Gasteiger partial charge >= 0.3 is 5.97 Å². The first-order valence-electron chi connectivity index (χ1n) is 5.49. The molecule has 1 unspecified atom stereocenters. The van der Waals surface area contributed by atoms with E-state index in [1.807, 2.05) is 0 Å². The summed E-state index contributed by atoms with van der Waals surface area (Å²) in [6, 6.07) is 4.39. The van der Waals surface area contributed by atoms with Gasteiger partial charge in [0.05, 0.1) is 12.5 Å². The molecule has 0 amide bonds. The molecule has 0 aromatic heterocycles. The van der Waals surface area contributed by atoms with Crippen molar-refractivity contribution in [3.8, 4) is 0 Å². The molecule has 1 atom stereocenters. The summed E-state index contributed by atoms with van der Waals surface area (Å²) >= 11 is 0. The van der Waals surface area contributed by atoms with Crippen LogP contribution in [0.1, 0.15) is 12.5 Å². The van der Waals surface area contributed by atoms with Crippen molar-refractivity contribution in [2.45, 2.75) is 13.3 Å². The Labute approximate surface area is 99.7 Å². The molecule has 17 heavy (non-hydrogen) atoms. The minimum absolute atomic E-state index is 0.128. The molecule has 0 aliphatic heterocycles. The number of hydrogen-bond acceptors (Lipinski definition) is 4. The second kappa shape index (κ2) is 6.20. The van der Waals surface area contributed by atoms with Crippen molar-refractivity contribution in [1.82, 2.24) is 0 Å². The lowest BCUT2D eigenvalue weighted by molar-refractivity contribution is -0.147. The van der Waals surface area contributed by atoms with Crippen molar-refractivity contribution in [3.05, 3.63) is 29.6 Å². The summed E-state index contributed by atoms with van der Waals surface area (Å²) < 4.78 is 18.4. The van der Waals surface area contributed by atoms with E-state index in [1.54, 1.807) is 19.1 Å². The Hall–Kier alpha value is -1.62. The summed E-state index contributed by atoms with van der Waals surface area (Å²) in [7, 11) is 0. The van der Waals surface area contributed by atoms with Gasteiger partial charge in [0.15, 0.2) is 0 Å². The van der Waals surface area contributed by atoms with Gasteiger partial charge in [-0.3, -0.25) is 4.79 Å². The number of hydrogen-bond donors (Lipinski definition) is 2. The number of rotatable bonds is 5. The molecular formula is C12H17FN2O2. The van der Waals surface area contributed by atoms with E-state index in [0.717, 1.165) is 0 Å². The van der Waals surface area contributed by atoms with Crippen molar-refractivity contribution in [1.29, 1.82) is 0 Å². The van der Waals surface area contributed by atoms with Gasteiger partial charge in [0.25, 0.3) is 0 Å². The molecule has 5 heteroatoms. The Kier molecular flexibility index (Phi) is 4.90. The number of carbonyl (C=O) groups is 1. The quantitative estimate of drug-likeness (QED) is 0.596. The highest BCUT2D eigenvalue weighted by Crippen LogP contribution is 2.16. The number of benzene rings is 1. The van der Waals surface area contributed by atoms with Crippen LogP contribution in [0.15, 0.2) is 18.2 Å². The molecule has 0 heterocycles. The molecule has 4 N–H and O–H groups in total. The van der Waals surface area contributed by atoms with Gasteiger partial charge in [-0.1, -0.05) is 6.07 Å². The molecule has 1 aromatic carbocycles. The molecule has 4 nitrogen and oxygen atoms in total. The third kappa shape index (κ3) is 3.71. The number of carbonyl (C=O) groups excluding carboxylic acids is 1. The fourth-order valence-electron chi connectivity index (χ4n) is 1.52. The van der Waals surface area contributed by atoms with E-state index < -0.39 is 17.7 Å². The Balaban J connectivity index is 2.77. The molecule has 0 radical (unpaired) electrons. The third-order valence-corrected chi connectivity index (χ3v) is 2.45. The highest BCUT2D eigenvalue weighted by atomic mass is 19.1.